The van der Waals surface area contributed by atoms with Crippen LogP contribution in [0.5, 0.6) is 0 Å². The van der Waals surface area contributed by atoms with Crippen LogP contribution in [0.25, 0.3) is 0 Å². The van der Waals surface area contributed by atoms with Crippen molar-refractivity contribution < 1.29 is 14.3 Å². The SMILES string of the molecule is CCc1ccc(NC(=O)COC(=O)CC2CC3CCC2C3)cc1. The molecule has 0 aromatic heterocycles. The van der Waals surface area contributed by atoms with Gasteiger partial charge in [-0.3, -0.25) is 9.59 Å². The molecule has 3 rings (SSSR count). The van der Waals surface area contributed by atoms with Gasteiger partial charge in [0.2, 0.25) is 0 Å². The van der Waals surface area contributed by atoms with Crippen molar-refractivity contribution in [1.82, 2.24) is 0 Å². The number of esters is 1. The van der Waals surface area contributed by atoms with Gasteiger partial charge >= 0.3 is 5.97 Å². The molecule has 0 radical (unpaired) electrons. The normalized spacial score (nSPS) is 25.3. The van der Waals surface area contributed by atoms with E-state index in [-0.39, 0.29) is 18.5 Å². The summed E-state index contributed by atoms with van der Waals surface area (Å²) in [6, 6.07) is 7.70. The molecule has 1 aromatic carbocycles. The molecule has 0 heterocycles. The van der Waals surface area contributed by atoms with Crippen LogP contribution in [0.15, 0.2) is 24.3 Å². The third-order valence-corrected chi connectivity index (χ3v) is 5.32. The molecule has 1 amide bonds. The smallest absolute Gasteiger partial charge is 0.306 e. The minimum Gasteiger partial charge on any atom is -0.456 e. The molecule has 1 N–H and O–H groups in total. The maximum Gasteiger partial charge on any atom is 0.306 e. The summed E-state index contributed by atoms with van der Waals surface area (Å²) in [5.74, 6) is 1.49. The summed E-state index contributed by atoms with van der Waals surface area (Å²) in [4.78, 5) is 23.8. The molecule has 2 aliphatic carbocycles. The fraction of sp³-hybridized carbons (Fsp3) is 0.579. The molecular weight excluding hydrogens is 290 g/mol. The van der Waals surface area contributed by atoms with Crippen molar-refractivity contribution in [2.24, 2.45) is 17.8 Å². The second kappa shape index (κ2) is 7.16. The standard InChI is InChI=1S/C19H25NO3/c1-2-13-4-7-17(8-5-13)20-18(21)12-23-19(22)11-16-10-14-3-6-15(16)9-14/h4-5,7-8,14-16H,2-3,6,9-12H2,1H3,(H,20,21). The second-order valence-corrected chi connectivity index (χ2v) is 6.90. The third-order valence-electron chi connectivity index (χ3n) is 5.32. The van der Waals surface area contributed by atoms with Crippen LogP contribution < -0.4 is 5.32 Å². The van der Waals surface area contributed by atoms with Gasteiger partial charge in [0.1, 0.15) is 0 Å². The van der Waals surface area contributed by atoms with Gasteiger partial charge in [-0.25, -0.2) is 0 Å². The summed E-state index contributed by atoms with van der Waals surface area (Å²) < 4.78 is 5.14. The van der Waals surface area contributed by atoms with Crippen molar-refractivity contribution in [2.45, 2.75) is 45.4 Å². The van der Waals surface area contributed by atoms with Crippen molar-refractivity contribution in [3.8, 4) is 0 Å². The third kappa shape index (κ3) is 4.12. The highest BCUT2D eigenvalue weighted by molar-refractivity contribution is 5.92. The van der Waals surface area contributed by atoms with Gasteiger partial charge in [-0.05, 0) is 61.1 Å². The molecule has 3 atom stereocenters. The Morgan fingerprint density at radius 3 is 2.57 bits per heavy atom. The lowest BCUT2D eigenvalue weighted by Gasteiger charge is -2.20. The van der Waals surface area contributed by atoms with E-state index in [2.05, 4.69) is 12.2 Å². The summed E-state index contributed by atoms with van der Waals surface area (Å²) in [6.07, 6.45) is 6.47. The molecule has 2 bridgehead atoms. The van der Waals surface area contributed by atoms with E-state index in [4.69, 9.17) is 4.74 Å². The molecule has 3 unspecified atom stereocenters. The Kier molecular flexibility index (Phi) is 4.99. The number of amides is 1. The highest BCUT2D eigenvalue weighted by atomic mass is 16.5. The monoisotopic (exact) mass is 315 g/mol. The predicted molar refractivity (Wildman–Crippen MR) is 89.0 cm³/mol. The number of carbonyl (C=O) groups is 2. The summed E-state index contributed by atoms with van der Waals surface area (Å²) in [5, 5.41) is 2.75. The number of carbonyl (C=O) groups excluding carboxylic acids is 2. The summed E-state index contributed by atoms with van der Waals surface area (Å²) in [7, 11) is 0. The van der Waals surface area contributed by atoms with Crippen LogP contribution in [0.1, 0.15) is 44.6 Å². The maximum absolute atomic E-state index is 11.9. The predicted octanol–water partition coefficient (Wildman–Crippen LogP) is 3.56. The Morgan fingerprint density at radius 1 is 1.17 bits per heavy atom. The van der Waals surface area contributed by atoms with Gasteiger partial charge in [0, 0.05) is 12.1 Å². The summed E-state index contributed by atoms with van der Waals surface area (Å²) >= 11 is 0. The Balaban J connectivity index is 1.39. The molecule has 23 heavy (non-hydrogen) atoms. The van der Waals surface area contributed by atoms with E-state index in [1.807, 2.05) is 24.3 Å². The minimum absolute atomic E-state index is 0.199. The fourth-order valence-corrected chi connectivity index (χ4v) is 4.07. The van der Waals surface area contributed by atoms with Crippen LogP contribution >= 0.6 is 0 Å². The van der Waals surface area contributed by atoms with Crippen LogP contribution in [0.2, 0.25) is 0 Å². The number of hydrogen-bond acceptors (Lipinski definition) is 3. The summed E-state index contributed by atoms with van der Waals surface area (Å²) in [6.45, 7) is 1.89. The maximum atomic E-state index is 11.9. The number of fused-ring (bicyclic) bond motifs is 2. The van der Waals surface area contributed by atoms with Gasteiger partial charge in [0.25, 0.3) is 5.91 Å². The molecule has 0 saturated heterocycles. The topological polar surface area (TPSA) is 55.4 Å². The van der Waals surface area contributed by atoms with E-state index in [1.54, 1.807) is 0 Å². The van der Waals surface area contributed by atoms with Gasteiger partial charge in [0.05, 0.1) is 0 Å². The Morgan fingerprint density at radius 2 is 1.96 bits per heavy atom. The first-order chi connectivity index (χ1) is 11.1. The first kappa shape index (κ1) is 16.0. The largest absolute Gasteiger partial charge is 0.456 e. The van der Waals surface area contributed by atoms with Crippen molar-refractivity contribution in [2.75, 3.05) is 11.9 Å². The van der Waals surface area contributed by atoms with Gasteiger partial charge in [-0.1, -0.05) is 25.5 Å². The zero-order valence-corrected chi connectivity index (χ0v) is 13.7. The van der Waals surface area contributed by atoms with E-state index in [9.17, 15) is 9.59 Å². The molecule has 4 nitrogen and oxygen atoms in total. The molecule has 4 heteroatoms. The van der Waals surface area contributed by atoms with Gasteiger partial charge < -0.3 is 10.1 Å². The second-order valence-electron chi connectivity index (χ2n) is 6.90. The molecule has 2 fully saturated rings. The van der Waals surface area contributed by atoms with Gasteiger partial charge in [-0.2, -0.15) is 0 Å². The van der Waals surface area contributed by atoms with E-state index < -0.39 is 0 Å². The van der Waals surface area contributed by atoms with E-state index in [0.29, 0.717) is 18.3 Å². The molecule has 2 aliphatic rings. The Bertz CT molecular complexity index is 566. The lowest BCUT2D eigenvalue weighted by atomic mass is 9.86. The molecular formula is C19H25NO3. The highest BCUT2D eigenvalue weighted by Crippen LogP contribution is 2.49. The number of rotatable bonds is 6. The van der Waals surface area contributed by atoms with Crippen LogP contribution in [0.4, 0.5) is 5.69 Å². The first-order valence-corrected chi connectivity index (χ1v) is 8.68. The number of benzene rings is 1. The van der Waals surface area contributed by atoms with Crippen LogP contribution in [-0.4, -0.2) is 18.5 Å². The average Bonchev–Trinajstić information content (AvgIpc) is 3.16. The van der Waals surface area contributed by atoms with E-state index in [1.165, 1.54) is 24.8 Å². The van der Waals surface area contributed by atoms with Crippen LogP contribution in [0, 0.1) is 17.8 Å². The van der Waals surface area contributed by atoms with Crippen LogP contribution in [0.3, 0.4) is 0 Å². The average molecular weight is 315 g/mol. The summed E-state index contributed by atoms with van der Waals surface area (Å²) in [5.41, 5.74) is 1.96. The quantitative estimate of drug-likeness (QED) is 0.817. The number of nitrogens with one attached hydrogen (secondary N) is 1. The van der Waals surface area contributed by atoms with Crippen molar-refractivity contribution in [3.05, 3.63) is 29.8 Å². The van der Waals surface area contributed by atoms with E-state index in [0.717, 1.165) is 24.4 Å². The molecule has 124 valence electrons. The zero-order valence-electron chi connectivity index (χ0n) is 13.7. The Hall–Kier alpha value is -1.84. The van der Waals surface area contributed by atoms with Gasteiger partial charge in [-0.15, -0.1) is 0 Å². The number of ether oxygens (including phenoxy) is 1. The van der Waals surface area contributed by atoms with Crippen molar-refractivity contribution >= 4 is 17.6 Å². The molecule has 1 aromatic rings. The van der Waals surface area contributed by atoms with Gasteiger partial charge in [0.15, 0.2) is 6.61 Å². The fourth-order valence-electron chi connectivity index (χ4n) is 4.07. The minimum atomic E-state index is -0.282. The lowest BCUT2D eigenvalue weighted by Crippen LogP contribution is -2.23. The van der Waals surface area contributed by atoms with Crippen LogP contribution in [-0.2, 0) is 20.7 Å². The van der Waals surface area contributed by atoms with E-state index >= 15 is 0 Å². The number of hydrogen-bond donors (Lipinski definition) is 1. The van der Waals surface area contributed by atoms with Crippen molar-refractivity contribution in [3.63, 3.8) is 0 Å². The zero-order chi connectivity index (χ0) is 16.2. The number of aryl methyl sites for hydroxylation is 1. The molecule has 0 spiro atoms. The highest BCUT2D eigenvalue weighted by Gasteiger charge is 2.40. The first-order valence-electron chi connectivity index (χ1n) is 8.68. The lowest BCUT2D eigenvalue weighted by molar-refractivity contribution is -0.148. The molecule has 2 saturated carbocycles. The molecule has 0 aliphatic heterocycles. The Labute approximate surface area is 137 Å². The van der Waals surface area contributed by atoms with Crippen molar-refractivity contribution in [1.29, 1.82) is 0 Å². The number of anilines is 1.